The van der Waals surface area contributed by atoms with Gasteiger partial charge in [-0.25, -0.2) is 0 Å². The SMILES string of the molecule is C[C@H]1C(O)C(=O)C=C2CC[C@H]3[C@@H]4CCC[C@@]4(C)CC[C@@H]3[C@]21C. The van der Waals surface area contributed by atoms with Crippen molar-refractivity contribution in [3.05, 3.63) is 11.6 Å². The molecule has 22 heavy (non-hydrogen) atoms. The maximum atomic E-state index is 12.1. The molecule has 0 bridgehead atoms. The second-order valence-corrected chi connectivity index (χ2v) is 9.09. The van der Waals surface area contributed by atoms with Gasteiger partial charge in [-0.2, -0.15) is 0 Å². The van der Waals surface area contributed by atoms with Gasteiger partial charge in [0.25, 0.3) is 0 Å². The quantitative estimate of drug-likeness (QED) is 0.730. The molecule has 3 saturated carbocycles. The van der Waals surface area contributed by atoms with Gasteiger partial charge in [-0.1, -0.05) is 32.8 Å². The zero-order valence-electron chi connectivity index (χ0n) is 14.3. The fourth-order valence-electron chi connectivity index (χ4n) is 6.95. The van der Waals surface area contributed by atoms with Crippen molar-refractivity contribution in [2.75, 3.05) is 0 Å². The highest BCUT2D eigenvalue weighted by molar-refractivity contribution is 5.95. The Hall–Kier alpha value is -0.630. The fourth-order valence-corrected chi connectivity index (χ4v) is 6.95. The van der Waals surface area contributed by atoms with Gasteiger partial charge in [0, 0.05) is 0 Å². The number of allylic oxidation sites excluding steroid dienone is 1. The molecule has 0 spiro atoms. The van der Waals surface area contributed by atoms with Gasteiger partial charge in [0.05, 0.1) is 0 Å². The molecule has 0 heterocycles. The van der Waals surface area contributed by atoms with Crippen LogP contribution in [0.5, 0.6) is 0 Å². The lowest BCUT2D eigenvalue weighted by atomic mass is 9.45. The standard InChI is InChI=1S/C20H30O2/c1-12-18(22)17(21)11-13-6-7-14-15-5-4-9-19(15,2)10-8-16(14)20(12,13)3/h11-12,14-16,18,22H,4-10H2,1-3H3/t12-,14-,15-,16-,18?,19-,20-/m0/s1. The van der Waals surface area contributed by atoms with Gasteiger partial charge in [-0.05, 0) is 79.1 Å². The van der Waals surface area contributed by atoms with Crippen LogP contribution in [-0.4, -0.2) is 17.0 Å². The van der Waals surface area contributed by atoms with Crippen LogP contribution in [0.4, 0.5) is 0 Å². The van der Waals surface area contributed by atoms with Gasteiger partial charge in [0.1, 0.15) is 6.10 Å². The second-order valence-electron chi connectivity index (χ2n) is 9.09. The third-order valence-electron chi connectivity index (χ3n) is 8.45. The van der Waals surface area contributed by atoms with Crippen molar-refractivity contribution in [2.45, 2.75) is 71.8 Å². The number of aliphatic hydroxyl groups excluding tert-OH is 1. The third kappa shape index (κ3) is 1.74. The minimum Gasteiger partial charge on any atom is -0.385 e. The highest BCUT2D eigenvalue weighted by atomic mass is 16.3. The Balaban J connectivity index is 1.74. The topological polar surface area (TPSA) is 37.3 Å². The molecule has 2 nitrogen and oxygen atoms in total. The van der Waals surface area contributed by atoms with E-state index in [1.165, 1.54) is 44.1 Å². The Morgan fingerprint density at radius 3 is 2.68 bits per heavy atom. The average molecular weight is 302 g/mol. The van der Waals surface area contributed by atoms with Crippen LogP contribution >= 0.6 is 0 Å². The van der Waals surface area contributed by atoms with Crippen LogP contribution in [0.1, 0.15) is 65.7 Å². The Morgan fingerprint density at radius 1 is 1.14 bits per heavy atom. The van der Waals surface area contributed by atoms with Crippen molar-refractivity contribution in [3.63, 3.8) is 0 Å². The monoisotopic (exact) mass is 302 g/mol. The van der Waals surface area contributed by atoms with Crippen molar-refractivity contribution in [1.29, 1.82) is 0 Å². The maximum absolute atomic E-state index is 12.1. The van der Waals surface area contributed by atoms with E-state index in [0.717, 1.165) is 18.3 Å². The van der Waals surface area contributed by atoms with Crippen LogP contribution < -0.4 is 0 Å². The van der Waals surface area contributed by atoms with E-state index in [1.54, 1.807) is 0 Å². The molecule has 0 aromatic rings. The van der Waals surface area contributed by atoms with Crippen molar-refractivity contribution in [3.8, 4) is 0 Å². The Labute approximate surface area is 134 Å². The van der Waals surface area contributed by atoms with E-state index in [-0.39, 0.29) is 17.1 Å². The first-order valence-electron chi connectivity index (χ1n) is 9.31. The van der Waals surface area contributed by atoms with E-state index < -0.39 is 6.10 Å². The number of carbonyl (C=O) groups excluding carboxylic acids is 1. The van der Waals surface area contributed by atoms with Crippen LogP contribution in [0.3, 0.4) is 0 Å². The molecule has 7 atom stereocenters. The van der Waals surface area contributed by atoms with Gasteiger partial charge < -0.3 is 5.11 Å². The molecule has 122 valence electrons. The smallest absolute Gasteiger partial charge is 0.184 e. The maximum Gasteiger partial charge on any atom is 0.184 e. The van der Waals surface area contributed by atoms with E-state index in [1.807, 2.05) is 6.08 Å². The summed E-state index contributed by atoms with van der Waals surface area (Å²) >= 11 is 0. The second kappa shape index (κ2) is 4.69. The molecule has 2 heteroatoms. The van der Waals surface area contributed by atoms with E-state index in [4.69, 9.17) is 0 Å². The Bertz CT molecular complexity index is 536. The summed E-state index contributed by atoms with van der Waals surface area (Å²) in [6.45, 7) is 6.99. The lowest BCUT2D eigenvalue weighted by Gasteiger charge is -2.59. The van der Waals surface area contributed by atoms with E-state index >= 15 is 0 Å². The molecule has 4 aliphatic rings. The molecule has 4 rings (SSSR count). The zero-order chi connectivity index (χ0) is 15.7. The number of hydrogen-bond donors (Lipinski definition) is 1. The summed E-state index contributed by atoms with van der Waals surface area (Å²) in [6, 6.07) is 0. The van der Waals surface area contributed by atoms with Crippen LogP contribution in [0.2, 0.25) is 0 Å². The van der Waals surface area contributed by atoms with Crippen molar-refractivity contribution < 1.29 is 9.90 Å². The molecule has 0 aromatic carbocycles. The summed E-state index contributed by atoms with van der Waals surface area (Å²) in [4.78, 5) is 12.1. The van der Waals surface area contributed by atoms with Crippen molar-refractivity contribution >= 4 is 5.78 Å². The summed E-state index contributed by atoms with van der Waals surface area (Å²) in [5, 5.41) is 10.4. The molecule has 0 radical (unpaired) electrons. The molecule has 1 N–H and O–H groups in total. The molecule has 1 unspecified atom stereocenters. The van der Waals surface area contributed by atoms with Gasteiger partial charge in [0.2, 0.25) is 0 Å². The Kier molecular flexibility index (Phi) is 3.18. The lowest BCUT2D eigenvalue weighted by Crippen LogP contribution is -2.55. The predicted octanol–water partition coefficient (Wildman–Crippen LogP) is 4.13. The molecule has 0 aromatic heterocycles. The van der Waals surface area contributed by atoms with Crippen LogP contribution in [0.25, 0.3) is 0 Å². The highest BCUT2D eigenvalue weighted by Crippen LogP contribution is 2.66. The average Bonchev–Trinajstić information content (AvgIpc) is 2.89. The Morgan fingerprint density at radius 2 is 1.91 bits per heavy atom. The molecular formula is C20H30O2. The largest absolute Gasteiger partial charge is 0.385 e. The minimum atomic E-state index is -0.788. The van der Waals surface area contributed by atoms with E-state index in [2.05, 4.69) is 20.8 Å². The minimum absolute atomic E-state index is 0.0418. The molecule has 4 aliphatic carbocycles. The van der Waals surface area contributed by atoms with Crippen LogP contribution in [0, 0.1) is 34.5 Å². The van der Waals surface area contributed by atoms with Crippen LogP contribution in [-0.2, 0) is 4.79 Å². The zero-order valence-corrected chi connectivity index (χ0v) is 14.3. The van der Waals surface area contributed by atoms with Gasteiger partial charge in [-0.3, -0.25) is 4.79 Å². The summed E-state index contributed by atoms with van der Waals surface area (Å²) in [7, 11) is 0. The summed E-state index contributed by atoms with van der Waals surface area (Å²) < 4.78 is 0. The number of fused-ring (bicyclic) bond motifs is 5. The molecule has 3 fully saturated rings. The molecule has 0 saturated heterocycles. The number of hydrogen-bond acceptors (Lipinski definition) is 2. The molecular weight excluding hydrogens is 272 g/mol. The third-order valence-corrected chi connectivity index (χ3v) is 8.45. The summed E-state index contributed by atoms with van der Waals surface area (Å²) in [5.41, 5.74) is 1.96. The highest BCUT2D eigenvalue weighted by Gasteiger charge is 2.59. The number of ketones is 1. The molecule has 0 amide bonds. The first-order valence-corrected chi connectivity index (χ1v) is 9.31. The number of carbonyl (C=O) groups is 1. The van der Waals surface area contributed by atoms with Gasteiger partial charge in [0.15, 0.2) is 5.78 Å². The van der Waals surface area contributed by atoms with E-state index in [0.29, 0.717) is 11.3 Å². The first-order chi connectivity index (χ1) is 10.4. The number of rotatable bonds is 0. The fraction of sp³-hybridized carbons (Fsp3) is 0.850. The summed E-state index contributed by atoms with van der Waals surface area (Å²) in [5.74, 6) is 2.37. The van der Waals surface area contributed by atoms with Crippen molar-refractivity contribution in [2.24, 2.45) is 34.5 Å². The normalized spacial score (nSPS) is 54.3. The first kappa shape index (κ1) is 14.9. The number of aliphatic hydroxyl groups is 1. The molecule has 0 aliphatic heterocycles. The predicted molar refractivity (Wildman–Crippen MR) is 87.3 cm³/mol. The lowest BCUT2D eigenvalue weighted by molar-refractivity contribution is -0.135. The summed E-state index contributed by atoms with van der Waals surface area (Å²) in [6.07, 6.45) is 10.2. The van der Waals surface area contributed by atoms with E-state index in [9.17, 15) is 9.90 Å². The van der Waals surface area contributed by atoms with Crippen molar-refractivity contribution in [1.82, 2.24) is 0 Å². The van der Waals surface area contributed by atoms with Gasteiger partial charge in [-0.15, -0.1) is 0 Å². The van der Waals surface area contributed by atoms with Crippen LogP contribution in [0.15, 0.2) is 11.6 Å². The van der Waals surface area contributed by atoms with Gasteiger partial charge >= 0.3 is 0 Å².